The van der Waals surface area contributed by atoms with Gasteiger partial charge in [0.1, 0.15) is 17.2 Å². The first kappa shape index (κ1) is 16.3. The molecule has 0 aliphatic heterocycles. The normalized spacial score (nSPS) is 10.7. The lowest BCUT2D eigenvalue weighted by Crippen LogP contribution is -1.97. The number of pyridine rings is 2. The number of halogens is 2. The molecule has 0 atom stereocenters. The van der Waals surface area contributed by atoms with E-state index in [0.29, 0.717) is 49.7 Å². The van der Waals surface area contributed by atoms with E-state index >= 15 is 0 Å². The average Bonchev–Trinajstić information content (AvgIpc) is 3.06. The molecule has 0 fully saturated rings. The molecule has 4 rings (SSSR count). The summed E-state index contributed by atoms with van der Waals surface area (Å²) >= 11 is 12.6. The van der Waals surface area contributed by atoms with Crippen LogP contribution in [-0.4, -0.2) is 19.9 Å². The van der Waals surface area contributed by atoms with Crippen molar-refractivity contribution in [2.75, 3.05) is 5.32 Å². The fourth-order valence-electron chi connectivity index (χ4n) is 2.56. The van der Waals surface area contributed by atoms with Gasteiger partial charge in [0, 0.05) is 12.4 Å². The summed E-state index contributed by atoms with van der Waals surface area (Å²) < 4.78 is 0. The summed E-state index contributed by atoms with van der Waals surface area (Å²) in [4.78, 5) is 16.3. The minimum atomic E-state index is 0.502. The number of hydrogen-bond donors (Lipinski definition) is 2. The molecule has 2 N–H and O–H groups in total. The van der Waals surface area contributed by atoms with Gasteiger partial charge in [0.2, 0.25) is 0 Å². The highest BCUT2D eigenvalue weighted by Gasteiger charge is 2.15. The van der Waals surface area contributed by atoms with Crippen LogP contribution in [-0.2, 0) is 0 Å². The zero-order valence-electron chi connectivity index (χ0n) is 13.2. The van der Waals surface area contributed by atoms with Crippen LogP contribution >= 0.6 is 23.2 Å². The molecule has 0 bridgehead atoms. The van der Waals surface area contributed by atoms with Crippen LogP contribution in [0.5, 0.6) is 0 Å². The maximum atomic E-state index is 9.02. The maximum absolute atomic E-state index is 9.02. The van der Waals surface area contributed by atoms with E-state index in [2.05, 4.69) is 31.3 Å². The van der Waals surface area contributed by atoms with Gasteiger partial charge in [-0.1, -0.05) is 29.3 Å². The number of anilines is 2. The van der Waals surface area contributed by atoms with Gasteiger partial charge in [-0.2, -0.15) is 5.26 Å². The Morgan fingerprint density at radius 1 is 1.04 bits per heavy atom. The summed E-state index contributed by atoms with van der Waals surface area (Å²) in [5.74, 6) is 1.59. The third-order valence-corrected chi connectivity index (χ3v) is 4.37. The molecule has 0 radical (unpaired) electrons. The van der Waals surface area contributed by atoms with Crippen LogP contribution in [0.15, 0.2) is 48.8 Å². The third-order valence-electron chi connectivity index (χ3n) is 3.74. The average molecular weight is 381 g/mol. The Hall–Kier alpha value is -3.14. The van der Waals surface area contributed by atoms with Crippen LogP contribution in [0.2, 0.25) is 10.0 Å². The van der Waals surface area contributed by atoms with Crippen molar-refractivity contribution in [3.05, 3.63) is 64.4 Å². The fraction of sp³-hybridized carbons (Fsp3) is 0. The molecule has 0 amide bonds. The second-order valence-corrected chi connectivity index (χ2v) is 6.22. The Labute approximate surface area is 158 Å². The van der Waals surface area contributed by atoms with Crippen molar-refractivity contribution >= 4 is 45.9 Å². The van der Waals surface area contributed by atoms with E-state index in [1.165, 1.54) is 0 Å². The van der Waals surface area contributed by atoms with Crippen molar-refractivity contribution in [1.82, 2.24) is 19.9 Å². The highest BCUT2D eigenvalue weighted by molar-refractivity contribution is 6.39. The highest BCUT2D eigenvalue weighted by Crippen LogP contribution is 2.34. The number of H-pyrrole nitrogens is 1. The number of fused-ring (bicyclic) bond motifs is 1. The molecule has 0 spiro atoms. The van der Waals surface area contributed by atoms with Gasteiger partial charge in [0.15, 0.2) is 5.82 Å². The highest BCUT2D eigenvalue weighted by atomic mass is 35.5. The van der Waals surface area contributed by atoms with Gasteiger partial charge in [-0.25, -0.2) is 15.0 Å². The lowest BCUT2D eigenvalue weighted by Gasteiger charge is -2.05. The Morgan fingerprint density at radius 3 is 2.58 bits per heavy atom. The van der Waals surface area contributed by atoms with Gasteiger partial charge >= 0.3 is 0 Å². The number of aromatic amines is 1. The van der Waals surface area contributed by atoms with E-state index < -0.39 is 0 Å². The summed E-state index contributed by atoms with van der Waals surface area (Å²) in [5, 5.41) is 13.1. The van der Waals surface area contributed by atoms with Gasteiger partial charge in [-0.15, -0.1) is 0 Å². The predicted octanol–water partition coefficient (Wildman–Crippen LogP) is 4.94. The second kappa shape index (κ2) is 6.64. The minimum absolute atomic E-state index is 0.502. The summed E-state index contributed by atoms with van der Waals surface area (Å²) in [6, 6.07) is 12.4. The number of hydrogen-bond acceptors (Lipinski definition) is 5. The van der Waals surface area contributed by atoms with E-state index in [0.717, 1.165) is 0 Å². The Kier molecular flexibility index (Phi) is 4.17. The van der Waals surface area contributed by atoms with Crippen LogP contribution in [0.1, 0.15) is 5.56 Å². The van der Waals surface area contributed by atoms with Crippen molar-refractivity contribution in [2.24, 2.45) is 0 Å². The van der Waals surface area contributed by atoms with E-state index in [-0.39, 0.29) is 0 Å². The van der Waals surface area contributed by atoms with Crippen molar-refractivity contribution in [3.8, 4) is 17.5 Å². The van der Waals surface area contributed by atoms with E-state index in [4.69, 9.17) is 28.5 Å². The van der Waals surface area contributed by atoms with Crippen LogP contribution in [0, 0.1) is 11.3 Å². The Balaban J connectivity index is 1.80. The van der Waals surface area contributed by atoms with E-state index in [9.17, 15) is 0 Å². The number of nitrogens with one attached hydrogen (secondary N) is 2. The minimum Gasteiger partial charge on any atom is -0.335 e. The second-order valence-electron chi connectivity index (χ2n) is 5.40. The molecule has 0 saturated carbocycles. The number of nitriles is 1. The van der Waals surface area contributed by atoms with Gasteiger partial charge in [0.05, 0.1) is 32.8 Å². The molecule has 6 nitrogen and oxygen atoms in total. The van der Waals surface area contributed by atoms with Crippen molar-refractivity contribution in [3.63, 3.8) is 0 Å². The summed E-state index contributed by atoms with van der Waals surface area (Å²) in [5.41, 5.74) is 2.51. The predicted molar refractivity (Wildman–Crippen MR) is 102 cm³/mol. The lowest BCUT2D eigenvalue weighted by atomic mass is 10.2. The molecule has 0 aliphatic carbocycles. The van der Waals surface area contributed by atoms with Crippen LogP contribution in [0.3, 0.4) is 0 Å². The third kappa shape index (κ3) is 2.94. The first-order chi connectivity index (χ1) is 12.7. The Bertz CT molecular complexity index is 1140. The van der Waals surface area contributed by atoms with Crippen molar-refractivity contribution in [2.45, 2.75) is 0 Å². The zero-order valence-corrected chi connectivity index (χ0v) is 14.7. The van der Waals surface area contributed by atoms with Gasteiger partial charge in [0.25, 0.3) is 0 Å². The number of benzene rings is 1. The number of aromatic nitrogens is 4. The molecule has 126 valence electrons. The first-order valence-corrected chi connectivity index (χ1v) is 8.33. The molecule has 3 heterocycles. The quantitative estimate of drug-likeness (QED) is 0.525. The molecule has 0 saturated heterocycles. The zero-order chi connectivity index (χ0) is 18.1. The van der Waals surface area contributed by atoms with Crippen LogP contribution in [0.25, 0.3) is 22.4 Å². The SMILES string of the molecule is N#Cc1ccnc(Nc2nccc3nc(-c4c(Cl)cccc4Cl)[nH]c23)c1. The van der Waals surface area contributed by atoms with Crippen molar-refractivity contribution in [1.29, 1.82) is 5.26 Å². The molecule has 1 aromatic carbocycles. The Morgan fingerprint density at radius 2 is 1.81 bits per heavy atom. The van der Waals surface area contributed by atoms with Gasteiger partial charge in [-0.3, -0.25) is 0 Å². The molecule has 26 heavy (non-hydrogen) atoms. The summed E-state index contributed by atoms with van der Waals surface area (Å²) in [7, 11) is 0. The van der Waals surface area contributed by atoms with Crippen LogP contribution in [0.4, 0.5) is 11.6 Å². The maximum Gasteiger partial charge on any atom is 0.157 e. The smallest absolute Gasteiger partial charge is 0.157 e. The standard InChI is InChI=1S/C18H10Cl2N6/c19-11-2-1-3-12(20)15(11)17-24-13-5-7-23-18(16(13)26-17)25-14-8-10(9-21)4-6-22-14/h1-8H,(H,24,26)(H,22,23,25). The van der Waals surface area contributed by atoms with Gasteiger partial charge < -0.3 is 10.3 Å². The molecule has 3 aromatic heterocycles. The lowest BCUT2D eigenvalue weighted by molar-refractivity contribution is 1.25. The fourth-order valence-corrected chi connectivity index (χ4v) is 3.14. The molecular weight excluding hydrogens is 371 g/mol. The monoisotopic (exact) mass is 380 g/mol. The van der Waals surface area contributed by atoms with E-state index in [1.54, 1.807) is 48.8 Å². The molecule has 4 aromatic rings. The van der Waals surface area contributed by atoms with Crippen LogP contribution < -0.4 is 5.32 Å². The topological polar surface area (TPSA) is 90.3 Å². The number of imidazole rings is 1. The number of nitrogens with zero attached hydrogens (tertiary/aromatic N) is 4. The molecule has 0 aliphatic rings. The summed E-state index contributed by atoms with van der Waals surface area (Å²) in [6.07, 6.45) is 3.20. The first-order valence-electron chi connectivity index (χ1n) is 7.58. The van der Waals surface area contributed by atoms with Gasteiger partial charge in [-0.05, 0) is 30.3 Å². The molecule has 0 unspecified atom stereocenters. The molecular formula is C18H10Cl2N6. The largest absolute Gasteiger partial charge is 0.335 e. The molecule has 8 heteroatoms. The summed E-state index contributed by atoms with van der Waals surface area (Å²) in [6.45, 7) is 0. The number of rotatable bonds is 3. The van der Waals surface area contributed by atoms with E-state index in [1.807, 2.05) is 0 Å². The van der Waals surface area contributed by atoms with Crippen molar-refractivity contribution < 1.29 is 0 Å².